The highest BCUT2D eigenvalue weighted by Gasteiger charge is 2.33. The van der Waals surface area contributed by atoms with Crippen molar-refractivity contribution >= 4 is 46.0 Å². The topological polar surface area (TPSA) is 60.8 Å². The van der Waals surface area contributed by atoms with Crippen molar-refractivity contribution in [2.45, 2.75) is 0 Å². The predicted molar refractivity (Wildman–Crippen MR) is 91.9 cm³/mol. The summed E-state index contributed by atoms with van der Waals surface area (Å²) in [6.07, 6.45) is 1.68. The van der Waals surface area contributed by atoms with Crippen molar-refractivity contribution < 1.29 is 15.0 Å². The predicted octanol–water partition coefficient (Wildman–Crippen LogP) is 3.50. The normalized spacial score (nSPS) is 16.5. The van der Waals surface area contributed by atoms with Gasteiger partial charge in [0.15, 0.2) is 4.32 Å². The number of benzene rings is 2. The van der Waals surface area contributed by atoms with Gasteiger partial charge in [0.1, 0.15) is 11.5 Å². The Balaban J connectivity index is 1.95. The number of phenols is 2. The van der Waals surface area contributed by atoms with Crippen molar-refractivity contribution in [2.24, 2.45) is 0 Å². The maximum atomic E-state index is 12.5. The first-order valence-corrected chi connectivity index (χ1v) is 7.63. The van der Waals surface area contributed by atoms with Crippen LogP contribution in [0.1, 0.15) is 5.56 Å². The number of phenolic OH excluding ortho intramolecular Hbond substituents is 2. The Bertz CT molecular complexity index is 801. The fourth-order valence-corrected chi connectivity index (χ4v) is 3.39. The second-order valence-electron chi connectivity index (χ2n) is 4.63. The number of carbonyl (C=O) groups is 1. The SMILES string of the molecule is O=C1/C(=C\c2cccc(O)c2)SC(=S)N1c1cccc(O)c1. The molecule has 2 aromatic carbocycles. The van der Waals surface area contributed by atoms with Crippen LogP contribution < -0.4 is 4.90 Å². The van der Waals surface area contributed by atoms with E-state index in [2.05, 4.69) is 0 Å². The van der Waals surface area contributed by atoms with E-state index >= 15 is 0 Å². The highest BCUT2D eigenvalue weighted by atomic mass is 32.2. The average molecular weight is 329 g/mol. The van der Waals surface area contributed by atoms with Crippen LogP contribution in [0.5, 0.6) is 11.5 Å². The monoisotopic (exact) mass is 329 g/mol. The van der Waals surface area contributed by atoms with Crippen molar-refractivity contribution in [3.05, 3.63) is 59.0 Å². The van der Waals surface area contributed by atoms with Gasteiger partial charge >= 0.3 is 0 Å². The van der Waals surface area contributed by atoms with E-state index in [1.165, 1.54) is 28.8 Å². The van der Waals surface area contributed by atoms with E-state index < -0.39 is 0 Å². The summed E-state index contributed by atoms with van der Waals surface area (Å²) in [7, 11) is 0. The Hall–Kier alpha value is -2.31. The molecule has 1 aliphatic rings. The van der Waals surface area contributed by atoms with E-state index in [9.17, 15) is 15.0 Å². The van der Waals surface area contributed by atoms with Gasteiger partial charge in [0.2, 0.25) is 0 Å². The summed E-state index contributed by atoms with van der Waals surface area (Å²) in [6.45, 7) is 0. The van der Waals surface area contributed by atoms with Crippen LogP contribution in [-0.4, -0.2) is 20.4 Å². The number of carbonyl (C=O) groups excluding carboxylic acids is 1. The average Bonchev–Trinajstić information content (AvgIpc) is 2.73. The molecule has 0 aromatic heterocycles. The lowest BCUT2D eigenvalue weighted by atomic mass is 10.2. The first-order chi connectivity index (χ1) is 10.5. The molecule has 0 aliphatic carbocycles. The molecule has 0 bridgehead atoms. The standard InChI is InChI=1S/C16H11NO3S2/c18-12-5-1-3-10(7-12)8-14-15(20)17(16(21)22-14)11-4-2-6-13(19)9-11/h1-9,18-19H/b14-8+. The summed E-state index contributed by atoms with van der Waals surface area (Å²) >= 11 is 6.45. The van der Waals surface area contributed by atoms with Crippen LogP contribution in [0.3, 0.4) is 0 Å². The van der Waals surface area contributed by atoms with Gasteiger partial charge in [0.25, 0.3) is 5.91 Å². The number of thioether (sulfide) groups is 1. The molecular weight excluding hydrogens is 318 g/mol. The van der Waals surface area contributed by atoms with Crippen LogP contribution in [0.15, 0.2) is 53.4 Å². The molecule has 4 nitrogen and oxygen atoms in total. The van der Waals surface area contributed by atoms with Gasteiger partial charge in [-0.15, -0.1) is 0 Å². The molecule has 0 radical (unpaired) electrons. The minimum Gasteiger partial charge on any atom is -0.508 e. The summed E-state index contributed by atoms with van der Waals surface area (Å²) in [5.41, 5.74) is 1.25. The van der Waals surface area contributed by atoms with Crippen LogP contribution in [0.25, 0.3) is 6.08 Å². The second kappa shape index (κ2) is 5.82. The molecular formula is C16H11NO3S2. The molecule has 1 heterocycles. The van der Waals surface area contributed by atoms with Crippen molar-refractivity contribution in [1.29, 1.82) is 0 Å². The first kappa shape index (κ1) is 14.6. The lowest BCUT2D eigenvalue weighted by molar-refractivity contribution is -0.113. The van der Waals surface area contributed by atoms with Crippen molar-refractivity contribution in [3.63, 3.8) is 0 Å². The third kappa shape index (κ3) is 2.84. The van der Waals surface area contributed by atoms with Crippen molar-refractivity contribution in [3.8, 4) is 11.5 Å². The molecule has 0 unspecified atom stereocenters. The smallest absolute Gasteiger partial charge is 0.270 e. The van der Waals surface area contributed by atoms with E-state index in [1.54, 1.807) is 42.5 Å². The van der Waals surface area contributed by atoms with E-state index in [-0.39, 0.29) is 17.4 Å². The number of rotatable bonds is 2. The minimum absolute atomic E-state index is 0.0727. The zero-order valence-corrected chi connectivity index (χ0v) is 12.9. The number of nitrogens with zero attached hydrogens (tertiary/aromatic N) is 1. The summed E-state index contributed by atoms with van der Waals surface area (Å²) < 4.78 is 0.405. The van der Waals surface area contributed by atoms with Gasteiger partial charge in [-0.25, -0.2) is 0 Å². The number of amides is 1. The molecule has 1 aliphatic heterocycles. The highest BCUT2D eigenvalue weighted by Crippen LogP contribution is 2.37. The second-order valence-corrected chi connectivity index (χ2v) is 6.31. The van der Waals surface area contributed by atoms with Crippen LogP contribution >= 0.6 is 24.0 Å². The van der Waals surface area contributed by atoms with E-state index in [1.807, 2.05) is 0 Å². The fourth-order valence-electron chi connectivity index (χ4n) is 2.09. The largest absolute Gasteiger partial charge is 0.508 e. The van der Waals surface area contributed by atoms with Gasteiger partial charge in [0.05, 0.1) is 10.6 Å². The molecule has 22 heavy (non-hydrogen) atoms. The van der Waals surface area contributed by atoms with E-state index in [4.69, 9.17) is 12.2 Å². The summed E-state index contributed by atoms with van der Waals surface area (Å²) in [6, 6.07) is 13.0. The fraction of sp³-hybridized carbons (Fsp3) is 0. The Morgan fingerprint density at radius 1 is 1.05 bits per heavy atom. The van der Waals surface area contributed by atoms with Gasteiger partial charge in [-0.1, -0.05) is 42.2 Å². The number of hydrogen-bond acceptors (Lipinski definition) is 5. The van der Waals surface area contributed by atoms with Crippen LogP contribution in [-0.2, 0) is 4.79 Å². The highest BCUT2D eigenvalue weighted by molar-refractivity contribution is 8.27. The van der Waals surface area contributed by atoms with Gasteiger partial charge < -0.3 is 10.2 Å². The third-order valence-corrected chi connectivity index (χ3v) is 4.35. The molecule has 0 atom stereocenters. The van der Waals surface area contributed by atoms with Gasteiger partial charge in [-0.2, -0.15) is 0 Å². The molecule has 3 rings (SSSR count). The molecule has 2 N–H and O–H groups in total. The zero-order valence-electron chi connectivity index (χ0n) is 11.3. The lowest BCUT2D eigenvalue weighted by Gasteiger charge is -2.14. The van der Waals surface area contributed by atoms with Crippen LogP contribution in [0.2, 0.25) is 0 Å². The summed E-state index contributed by atoms with van der Waals surface area (Å²) in [5, 5.41) is 19.0. The Morgan fingerprint density at radius 3 is 2.41 bits per heavy atom. The zero-order chi connectivity index (χ0) is 15.7. The molecule has 110 valence electrons. The minimum atomic E-state index is -0.246. The van der Waals surface area contributed by atoms with Crippen LogP contribution in [0.4, 0.5) is 5.69 Å². The molecule has 1 saturated heterocycles. The quantitative estimate of drug-likeness (QED) is 0.652. The number of aromatic hydroxyl groups is 2. The summed E-state index contributed by atoms with van der Waals surface area (Å²) in [5.74, 6) is -0.0373. The van der Waals surface area contributed by atoms with Crippen LogP contribution in [0, 0.1) is 0 Å². The Labute approximate surface area is 136 Å². The Kier molecular flexibility index (Phi) is 3.87. The maximum absolute atomic E-state index is 12.5. The van der Waals surface area contributed by atoms with E-state index in [0.29, 0.717) is 14.9 Å². The number of anilines is 1. The van der Waals surface area contributed by atoms with Gasteiger partial charge in [-0.3, -0.25) is 9.69 Å². The van der Waals surface area contributed by atoms with Gasteiger partial charge in [0, 0.05) is 6.07 Å². The van der Waals surface area contributed by atoms with Gasteiger partial charge in [-0.05, 0) is 35.9 Å². The molecule has 2 aromatic rings. The van der Waals surface area contributed by atoms with E-state index in [0.717, 1.165) is 5.56 Å². The molecule has 1 fully saturated rings. The number of hydrogen-bond donors (Lipinski definition) is 2. The van der Waals surface area contributed by atoms with Crippen molar-refractivity contribution in [1.82, 2.24) is 0 Å². The number of thiocarbonyl (C=S) groups is 1. The molecule has 6 heteroatoms. The van der Waals surface area contributed by atoms with Crippen molar-refractivity contribution in [2.75, 3.05) is 4.90 Å². The molecule has 0 spiro atoms. The molecule has 0 saturated carbocycles. The Morgan fingerprint density at radius 2 is 1.73 bits per heavy atom. The first-order valence-electron chi connectivity index (χ1n) is 6.40. The lowest BCUT2D eigenvalue weighted by Crippen LogP contribution is -2.27. The summed E-state index contributed by atoms with van der Waals surface area (Å²) in [4.78, 5) is 14.4. The third-order valence-electron chi connectivity index (χ3n) is 3.05. The molecule has 1 amide bonds. The maximum Gasteiger partial charge on any atom is 0.270 e.